The van der Waals surface area contributed by atoms with Crippen LogP contribution in [0.2, 0.25) is 0 Å². The molecule has 114 valence electrons. The topological polar surface area (TPSA) is 66.8 Å². The van der Waals surface area contributed by atoms with Crippen molar-refractivity contribution in [3.05, 3.63) is 0 Å². The number of aliphatic carboxylic acids is 1. The van der Waals surface area contributed by atoms with E-state index in [0.29, 0.717) is 6.42 Å². The lowest BCUT2D eigenvalue weighted by molar-refractivity contribution is -0.192. The molecule has 0 unspecified atom stereocenters. The van der Waals surface area contributed by atoms with E-state index in [2.05, 4.69) is 0 Å². The maximum atomic E-state index is 13.8. The Balaban J connectivity index is 2.28. The summed E-state index contributed by atoms with van der Waals surface area (Å²) >= 11 is 0. The van der Waals surface area contributed by atoms with Crippen molar-refractivity contribution in [3.63, 3.8) is 0 Å². The van der Waals surface area contributed by atoms with Crippen LogP contribution in [-0.2, 0) is 9.53 Å². The van der Waals surface area contributed by atoms with Crippen LogP contribution in [0.15, 0.2) is 0 Å². The Hall–Kier alpha value is -1.40. The van der Waals surface area contributed by atoms with Crippen LogP contribution in [0, 0.1) is 5.92 Å². The molecule has 2 heterocycles. The van der Waals surface area contributed by atoms with E-state index < -0.39 is 48.0 Å². The first-order chi connectivity index (χ1) is 9.03. The fourth-order valence-electron chi connectivity index (χ4n) is 3.07. The molecular formula is C13H19F2NO4. The lowest BCUT2D eigenvalue weighted by Gasteiger charge is -2.52. The van der Waals surface area contributed by atoms with Crippen LogP contribution in [0.1, 0.15) is 40.0 Å². The minimum atomic E-state index is -3.04. The van der Waals surface area contributed by atoms with Gasteiger partial charge in [-0.1, -0.05) is 0 Å². The summed E-state index contributed by atoms with van der Waals surface area (Å²) < 4.78 is 32.8. The molecule has 1 N–H and O–H groups in total. The highest BCUT2D eigenvalue weighted by Crippen LogP contribution is 2.49. The highest BCUT2D eigenvalue weighted by atomic mass is 19.3. The smallest absolute Gasteiger partial charge is 0.411 e. The van der Waals surface area contributed by atoms with Crippen LogP contribution in [-0.4, -0.2) is 45.7 Å². The number of rotatable bonds is 1. The third kappa shape index (κ3) is 2.58. The van der Waals surface area contributed by atoms with Crippen LogP contribution in [0.4, 0.5) is 13.6 Å². The lowest BCUT2D eigenvalue weighted by atomic mass is 9.72. The molecule has 1 amide bonds. The Morgan fingerprint density at radius 2 is 1.90 bits per heavy atom. The summed E-state index contributed by atoms with van der Waals surface area (Å²) in [5, 5.41) is 9.23. The first-order valence-corrected chi connectivity index (χ1v) is 6.65. The molecule has 1 aliphatic carbocycles. The van der Waals surface area contributed by atoms with Gasteiger partial charge in [-0.15, -0.1) is 0 Å². The molecule has 3 aliphatic rings. The van der Waals surface area contributed by atoms with Gasteiger partial charge in [0.05, 0.1) is 5.92 Å². The maximum absolute atomic E-state index is 13.8. The molecule has 20 heavy (non-hydrogen) atoms. The van der Waals surface area contributed by atoms with E-state index in [1.807, 2.05) is 0 Å². The predicted molar refractivity (Wildman–Crippen MR) is 65.6 cm³/mol. The molecule has 3 fully saturated rings. The van der Waals surface area contributed by atoms with Gasteiger partial charge in [0.25, 0.3) is 5.92 Å². The fraction of sp³-hybridized carbons (Fsp3) is 0.846. The van der Waals surface area contributed by atoms with Gasteiger partial charge in [0.15, 0.2) is 0 Å². The van der Waals surface area contributed by atoms with Crippen molar-refractivity contribution in [2.75, 3.05) is 0 Å². The van der Waals surface area contributed by atoms with Gasteiger partial charge in [0.2, 0.25) is 0 Å². The standard InChI is InChI=1S/C13H19F2NO4/c1-12(2,3)20-11(19)16-7-4-5-8(9(16)10(17)18)13(14,15)6-7/h7-9H,4-6H2,1-3H3,(H,17,18)/t7-,8-,9-/m1/s1. The van der Waals surface area contributed by atoms with Crippen molar-refractivity contribution in [1.29, 1.82) is 0 Å². The Morgan fingerprint density at radius 1 is 1.30 bits per heavy atom. The van der Waals surface area contributed by atoms with Crippen LogP contribution in [0.5, 0.6) is 0 Å². The van der Waals surface area contributed by atoms with Crippen LogP contribution < -0.4 is 0 Å². The first-order valence-electron chi connectivity index (χ1n) is 6.65. The zero-order valence-corrected chi connectivity index (χ0v) is 11.7. The quantitative estimate of drug-likeness (QED) is 0.806. The second-order valence-electron chi connectivity index (χ2n) is 6.47. The van der Waals surface area contributed by atoms with Crippen molar-refractivity contribution in [2.45, 2.75) is 63.6 Å². The third-order valence-corrected chi connectivity index (χ3v) is 3.79. The molecule has 2 aliphatic heterocycles. The SMILES string of the molecule is CC(C)(C)OC(=O)N1[C@@H]2CC[C@H]([C@@H]1C(=O)O)C(F)(F)C2. The third-order valence-electron chi connectivity index (χ3n) is 3.79. The molecule has 0 aromatic carbocycles. The number of halogens is 2. The van der Waals surface area contributed by atoms with Gasteiger partial charge in [-0.05, 0) is 33.6 Å². The predicted octanol–water partition coefficient (Wildman–Crippen LogP) is 2.49. The van der Waals surface area contributed by atoms with Gasteiger partial charge >= 0.3 is 12.1 Å². The summed E-state index contributed by atoms with van der Waals surface area (Å²) in [5.74, 6) is -5.77. The molecular weight excluding hydrogens is 272 g/mol. The summed E-state index contributed by atoms with van der Waals surface area (Å²) in [6, 6.07) is -2.28. The van der Waals surface area contributed by atoms with Crippen molar-refractivity contribution >= 4 is 12.1 Å². The van der Waals surface area contributed by atoms with E-state index in [1.54, 1.807) is 20.8 Å². The van der Waals surface area contributed by atoms with Crippen LogP contribution in [0.25, 0.3) is 0 Å². The van der Waals surface area contributed by atoms with Crippen molar-refractivity contribution < 1.29 is 28.2 Å². The summed E-state index contributed by atoms with van der Waals surface area (Å²) in [5.41, 5.74) is -0.792. The van der Waals surface area contributed by atoms with Gasteiger partial charge in [-0.25, -0.2) is 18.4 Å². The number of hydrogen-bond donors (Lipinski definition) is 1. The minimum Gasteiger partial charge on any atom is -0.480 e. The zero-order valence-electron chi connectivity index (χ0n) is 11.7. The monoisotopic (exact) mass is 291 g/mol. The number of fused-ring (bicyclic) bond motifs is 3. The largest absolute Gasteiger partial charge is 0.480 e. The van der Waals surface area contributed by atoms with Crippen LogP contribution >= 0.6 is 0 Å². The van der Waals surface area contributed by atoms with E-state index >= 15 is 0 Å². The summed E-state index contributed by atoms with van der Waals surface area (Å²) in [4.78, 5) is 24.5. The van der Waals surface area contributed by atoms with Crippen molar-refractivity contribution in [1.82, 2.24) is 4.90 Å². The number of hydrogen-bond acceptors (Lipinski definition) is 3. The average molecular weight is 291 g/mol. The molecule has 7 heteroatoms. The molecule has 0 aromatic rings. The van der Waals surface area contributed by atoms with E-state index in [4.69, 9.17) is 4.74 Å². The number of amides is 1. The van der Waals surface area contributed by atoms with E-state index in [-0.39, 0.29) is 6.42 Å². The molecule has 1 saturated carbocycles. The van der Waals surface area contributed by atoms with Gasteiger partial charge in [-0.2, -0.15) is 0 Å². The average Bonchev–Trinajstić information content (AvgIpc) is 2.24. The number of carbonyl (C=O) groups is 2. The highest BCUT2D eigenvalue weighted by Gasteiger charge is 2.61. The number of alkyl halides is 2. The van der Waals surface area contributed by atoms with Gasteiger partial charge < -0.3 is 9.84 Å². The Kier molecular flexibility index (Phi) is 3.42. The van der Waals surface area contributed by atoms with Crippen molar-refractivity contribution in [3.8, 4) is 0 Å². The Morgan fingerprint density at radius 3 is 2.35 bits per heavy atom. The van der Waals surface area contributed by atoms with Gasteiger partial charge in [0.1, 0.15) is 11.6 Å². The maximum Gasteiger partial charge on any atom is 0.411 e. The molecule has 2 bridgehead atoms. The van der Waals surface area contributed by atoms with Gasteiger partial charge in [0, 0.05) is 12.5 Å². The number of piperidine rings is 2. The second kappa shape index (κ2) is 4.56. The number of carboxylic acids is 1. The summed E-state index contributed by atoms with van der Waals surface area (Å²) in [6.07, 6.45) is -0.798. The number of carboxylic acid groups (broad SMARTS) is 1. The molecule has 3 rings (SSSR count). The number of nitrogens with zero attached hydrogens (tertiary/aromatic N) is 1. The molecule has 5 nitrogen and oxygen atoms in total. The Bertz CT molecular complexity index is 433. The first kappa shape index (κ1) is 15.0. The van der Waals surface area contributed by atoms with E-state index in [1.165, 1.54) is 0 Å². The van der Waals surface area contributed by atoms with E-state index in [9.17, 15) is 23.5 Å². The van der Waals surface area contributed by atoms with Gasteiger partial charge in [-0.3, -0.25) is 4.90 Å². The zero-order chi connectivity index (χ0) is 15.3. The molecule has 0 spiro atoms. The molecule has 0 radical (unpaired) electrons. The van der Waals surface area contributed by atoms with E-state index in [0.717, 1.165) is 4.90 Å². The molecule has 0 aromatic heterocycles. The fourth-order valence-corrected chi connectivity index (χ4v) is 3.07. The highest BCUT2D eigenvalue weighted by molar-refractivity contribution is 5.81. The normalized spacial score (nSPS) is 32.0. The number of ether oxygens (including phenoxy) is 1. The number of carbonyl (C=O) groups excluding carboxylic acids is 1. The van der Waals surface area contributed by atoms with Crippen LogP contribution in [0.3, 0.4) is 0 Å². The lowest BCUT2D eigenvalue weighted by Crippen LogP contribution is -2.67. The molecule has 2 saturated heterocycles. The second-order valence-corrected chi connectivity index (χ2v) is 6.47. The minimum absolute atomic E-state index is 0.119. The summed E-state index contributed by atoms with van der Waals surface area (Å²) in [7, 11) is 0. The molecule has 3 atom stereocenters. The van der Waals surface area contributed by atoms with Crippen molar-refractivity contribution in [2.24, 2.45) is 5.92 Å². The summed E-state index contributed by atoms with van der Waals surface area (Å²) in [6.45, 7) is 4.95. The Labute approximate surface area is 115 Å².